The molecule has 0 aliphatic heterocycles. The van der Waals surface area contributed by atoms with E-state index in [0.717, 1.165) is 35.4 Å². The second-order valence-electron chi connectivity index (χ2n) is 7.36. The van der Waals surface area contributed by atoms with Gasteiger partial charge in [-0.05, 0) is 43.2 Å². The lowest BCUT2D eigenvalue weighted by Crippen LogP contribution is -2.20. The number of hydrogen-bond acceptors (Lipinski definition) is 5. The maximum Gasteiger partial charge on any atom is 0.416 e. The van der Waals surface area contributed by atoms with Crippen molar-refractivity contribution in [1.29, 1.82) is 0 Å². The summed E-state index contributed by atoms with van der Waals surface area (Å²) in [5.74, 6) is 0.243. The molecule has 0 saturated heterocycles. The topological polar surface area (TPSA) is 87.1 Å². The molecule has 2 amide bonds. The highest BCUT2D eigenvalue weighted by atomic mass is 32.1. The van der Waals surface area contributed by atoms with Crippen LogP contribution in [-0.2, 0) is 11.8 Å². The van der Waals surface area contributed by atoms with Crippen molar-refractivity contribution in [3.8, 4) is 10.4 Å². The van der Waals surface area contributed by atoms with Gasteiger partial charge in [-0.1, -0.05) is 18.9 Å². The number of thiazole rings is 1. The van der Waals surface area contributed by atoms with Crippen LogP contribution in [0.1, 0.15) is 36.3 Å². The number of rotatable bonds is 4. The number of aromatic nitrogens is 2. The van der Waals surface area contributed by atoms with Crippen molar-refractivity contribution in [2.75, 3.05) is 10.6 Å². The van der Waals surface area contributed by atoms with Crippen LogP contribution < -0.4 is 10.6 Å². The van der Waals surface area contributed by atoms with Gasteiger partial charge in [0.2, 0.25) is 0 Å². The molecule has 3 aromatic rings. The van der Waals surface area contributed by atoms with Gasteiger partial charge >= 0.3 is 12.2 Å². The number of hydrogen-bond donors (Lipinski definition) is 3. The Morgan fingerprint density at radius 1 is 1.06 bits per heavy atom. The van der Waals surface area contributed by atoms with Gasteiger partial charge in [0.1, 0.15) is 16.4 Å². The quantitative estimate of drug-likeness (QED) is 0.483. The summed E-state index contributed by atoms with van der Waals surface area (Å²) in [6, 6.07) is 7.01. The number of benzene rings is 1. The largest absolute Gasteiger partial charge is 0.416 e. The SMILES string of the molecule is O=C(Nc1cccc(C(F)(F)F)c1)Nc1ccc(-c2cnc(C3(O)CCCC3)s2)cn1. The van der Waals surface area contributed by atoms with Gasteiger partial charge in [0.05, 0.1) is 10.4 Å². The highest BCUT2D eigenvalue weighted by Gasteiger charge is 2.36. The van der Waals surface area contributed by atoms with Gasteiger partial charge in [-0.2, -0.15) is 13.2 Å². The van der Waals surface area contributed by atoms with Crippen LogP contribution in [0, 0.1) is 0 Å². The molecule has 1 aromatic carbocycles. The Balaban J connectivity index is 1.40. The van der Waals surface area contributed by atoms with Gasteiger partial charge in [0.25, 0.3) is 0 Å². The van der Waals surface area contributed by atoms with Crippen molar-refractivity contribution < 1.29 is 23.1 Å². The molecule has 1 saturated carbocycles. The molecule has 0 radical (unpaired) electrons. The summed E-state index contributed by atoms with van der Waals surface area (Å²) >= 11 is 1.41. The minimum absolute atomic E-state index is 0.0194. The Morgan fingerprint density at radius 3 is 2.52 bits per heavy atom. The monoisotopic (exact) mass is 448 g/mol. The molecule has 0 spiro atoms. The Bertz CT molecular complexity index is 1080. The third kappa shape index (κ3) is 4.86. The molecular formula is C21H19F3N4O2S. The molecule has 0 atom stereocenters. The lowest BCUT2D eigenvalue weighted by atomic mass is 10.0. The van der Waals surface area contributed by atoms with Crippen LogP contribution in [0.2, 0.25) is 0 Å². The Hall–Kier alpha value is -2.98. The first kappa shape index (κ1) is 21.3. The van der Waals surface area contributed by atoms with E-state index in [-0.39, 0.29) is 11.5 Å². The molecule has 162 valence electrons. The average Bonchev–Trinajstić information content (AvgIpc) is 3.38. The molecule has 0 bridgehead atoms. The van der Waals surface area contributed by atoms with E-state index >= 15 is 0 Å². The molecule has 3 N–H and O–H groups in total. The standard InChI is InChI=1S/C21H19F3N4O2S/c22-21(23,24)14-4-3-5-15(10-14)27-19(29)28-17-7-6-13(11-25-17)16-12-26-18(31-16)20(30)8-1-2-9-20/h3-7,10-12,30H,1-2,8-9H2,(H2,25,27,28,29). The number of nitrogens with one attached hydrogen (secondary N) is 2. The third-order valence-corrected chi connectivity index (χ3v) is 6.31. The van der Waals surface area contributed by atoms with Crippen molar-refractivity contribution in [3.63, 3.8) is 0 Å². The normalized spacial score (nSPS) is 15.6. The Morgan fingerprint density at radius 2 is 1.84 bits per heavy atom. The number of carbonyl (C=O) groups is 1. The third-order valence-electron chi connectivity index (χ3n) is 5.07. The number of carbonyl (C=O) groups excluding carboxylic acids is 1. The van der Waals surface area contributed by atoms with E-state index in [1.54, 1.807) is 24.5 Å². The Labute approximate surface area is 180 Å². The van der Waals surface area contributed by atoms with Crippen LogP contribution in [0.4, 0.5) is 29.5 Å². The van der Waals surface area contributed by atoms with Gasteiger partial charge in [0.15, 0.2) is 0 Å². The molecule has 0 unspecified atom stereocenters. The molecule has 31 heavy (non-hydrogen) atoms. The van der Waals surface area contributed by atoms with Crippen LogP contribution in [0.25, 0.3) is 10.4 Å². The summed E-state index contributed by atoms with van der Waals surface area (Å²) in [6.07, 6.45) is 2.15. The number of urea groups is 1. The van der Waals surface area contributed by atoms with E-state index < -0.39 is 23.4 Å². The number of alkyl halides is 3. The predicted molar refractivity (Wildman–Crippen MR) is 112 cm³/mol. The van der Waals surface area contributed by atoms with Gasteiger partial charge in [-0.3, -0.25) is 5.32 Å². The smallest absolute Gasteiger partial charge is 0.383 e. The minimum Gasteiger partial charge on any atom is -0.383 e. The maximum atomic E-state index is 12.8. The summed E-state index contributed by atoms with van der Waals surface area (Å²) in [5.41, 5.74) is -0.890. The van der Waals surface area contributed by atoms with Crippen LogP contribution in [0.5, 0.6) is 0 Å². The van der Waals surface area contributed by atoms with Crippen LogP contribution in [0.15, 0.2) is 48.8 Å². The van der Waals surface area contributed by atoms with Crippen molar-refractivity contribution in [1.82, 2.24) is 9.97 Å². The van der Waals surface area contributed by atoms with Gasteiger partial charge in [0, 0.05) is 23.6 Å². The van der Waals surface area contributed by atoms with Crippen molar-refractivity contribution in [3.05, 3.63) is 59.4 Å². The van der Waals surface area contributed by atoms with Crippen LogP contribution in [0.3, 0.4) is 0 Å². The van der Waals surface area contributed by atoms with Crippen LogP contribution >= 0.6 is 11.3 Å². The fourth-order valence-corrected chi connectivity index (χ4v) is 4.51. The molecule has 1 aliphatic carbocycles. The molecule has 2 heterocycles. The lowest BCUT2D eigenvalue weighted by molar-refractivity contribution is -0.137. The molecule has 6 nitrogen and oxygen atoms in total. The minimum atomic E-state index is -4.49. The molecule has 2 aromatic heterocycles. The fraction of sp³-hybridized carbons (Fsp3) is 0.286. The predicted octanol–water partition coefficient (Wildman–Crippen LogP) is 5.63. The fourth-order valence-electron chi connectivity index (χ4n) is 3.46. The number of halogens is 3. The number of pyridine rings is 1. The molecule has 10 heteroatoms. The van der Waals surface area contributed by atoms with Crippen molar-refractivity contribution >= 4 is 28.9 Å². The summed E-state index contributed by atoms with van der Waals surface area (Å²) in [7, 11) is 0. The van der Waals surface area contributed by atoms with E-state index in [4.69, 9.17) is 0 Å². The lowest BCUT2D eigenvalue weighted by Gasteiger charge is -2.18. The van der Waals surface area contributed by atoms with Gasteiger partial charge < -0.3 is 10.4 Å². The highest BCUT2D eigenvalue weighted by molar-refractivity contribution is 7.15. The van der Waals surface area contributed by atoms with Gasteiger partial charge in [-0.25, -0.2) is 14.8 Å². The summed E-state index contributed by atoms with van der Waals surface area (Å²) < 4.78 is 38.4. The summed E-state index contributed by atoms with van der Waals surface area (Å²) in [6.45, 7) is 0. The second-order valence-corrected chi connectivity index (χ2v) is 8.39. The number of nitrogens with zero attached hydrogens (tertiary/aromatic N) is 2. The first-order chi connectivity index (χ1) is 14.7. The Kier molecular flexibility index (Phi) is 5.67. The van der Waals surface area contributed by atoms with Gasteiger partial charge in [-0.15, -0.1) is 11.3 Å². The van der Waals surface area contributed by atoms with Crippen molar-refractivity contribution in [2.24, 2.45) is 0 Å². The molecule has 4 rings (SSSR count). The van der Waals surface area contributed by atoms with Crippen molar-refractivity contribution in [2.45, 2.75) is 37.5 Å². The zero-order valence-electron chi connectivity index (χ0n) is 16.2. The highest BCUT2D eigenvalue weighted by Crippen LogP contribution is 2.42. The summed E-state index contributed by atoms with van der Waals surface area (Å²) in [4.78, 5) is 21.5. The first-order valence-electron chi connectivity index (χ1n) is 9.63. The first-order valence-corrected chi connectivity index (χ1v) is 10.4. The average molecular weight is 448 g/mol. The number of amides is 2. The second kappa shape index (κ2) is 8.27. The van der Waals surface area contributed by atoms with E-state index in [2.05, 4.69) is 20.6 Å². The van der Waals surface area contributed by atoms with E-state index in [1.807, 2.05) is 0 Å². The zero-order chi connectivity index (χ0) is 22.1. The number of aliphatic hydroxyl groups is 1. The summed E-state index contributed by atoms with van der Waals surface area (Å²) in [5, 5.41) is 16.2. The molecule has 1 fully saturated rings. The van der Waals surface area contributed by atoms with Crippen LogP contribution in [-0.4, -0.2) is 21.1 Å². The van der Waals surface area contributed by atoms with E-state index in [1.165, 1.54) is 23.5 Å². The molecular weight excluding hydrogens is 429 g/mol. The number of anilines is 2. The molecule has 1 aliphatic rings. The maximum absolute atomic E-state index is 12.8. The van der Waals surface area contributed by atoms with E-state index in [0.29, 0.717) is 17.8 Å². The van der Waals surface area contributed by atoms with E-state index in [9.17, 15) is 23.1 Å². The zero-order valence-corrected chi connectivity index (χ0v) is 17.1.